The SMILES string of the molecule is CCO[C@H](C)c1noc(CN(CC)c2ccc(F)cc2)n1. The van der Waals surface area contributed by atoms with E-state index >= 15 is 0 Å². The predicted octanol–water partition coefficient (Wildman–Crippen LogP) is 3.33. The summed E-state index contributed by atoms with van der Waals surface area (Å²) in [5, 5.41) is 3.93. The lowest BCUT2D eigenvalue weighted by atomic mass is 10.2. The molecule has 0 saturated heterocycles. The molecular weight excluding hydrogens is 273 g/mol. The van der Waals surface area contributed by atoms with Gasteiger partial charge in [-0.15, -0.1) is 0 Å². The summed E-state index contributed by atoms with van der Waals surface area (Å²) in [7, 11) is 0. The van der Waals surface area contributed by atoms with E-state index in [1.165, 1.54) is 12.1 Å². The number of benzene rings is 1. The topological polar surface area (TPSA) is 51.4 Å². The molecule has 0 radical (unpaired) electrons. The van der Waals surface area contributed by atoms with Gasteiger partial charge in [-0.2, -0.15) is 4.98 Å². The van der Waals surface area contributed by atoms with E-state index in [9.17, 15) is 4.39 Å². The molecule has 0 amide bonds. The first kappa shape index (κ1) is 15.4. The van der Waals surface area contributed by atoms with E-state index in [2.05, 4.69) is 10.1 Å². The molecule has 0 aliphatic rings. The summed E-state index contributed by atoms with van der Waals surface area (Å²) in [4.78, 5) is 6.37. The molecule has 114 valence electrons. The van der Waals surface area contributed by atoms with E-state index in [1.54, 1.807) is 12.1 Å². The number of anilines is 1. The highest BCUT2D eigenvalue weighted by Gasteiger charge is 2.16. The van der Waals surface area contributed by atoms with Gasteiger partial charge in [-0.1, -0.05) is 5.16 Å². The lowest BCUT2D eigenvalue weighted by molar-refractivity contribution is 0.0683. The number of nitrogens with zero attached hydrogens (tertiary/aromatic N) is 3. The molecule has 0 fully saturated rings. The average molecular weight is 293 g/mol. The van der Waals surface area contributed by atoms with E-state index in [0.717, 1.165) is 12.2 Å². The summed E-state index contributed by atoms with van der Waals surface area (Å²) >= 11 is 0. The highest BCUT2D eigenvalue weighted by Crippen LogP contribution is 2.18. The first-order valence-electron chi connectivity index (χ1n) is 7.08. The zero-order valence-electron chi connectivity index (χ0n) is 12.5. The minimum Gasteiger partial charge on any atom is -0.371 e. The lowest BCUT2D eigenvalue weighted by Gasteiger charge is -2.20. The van der Waals surface area contributed by atoms with Gasteiger partial charge in [-0.3, -0.25) is 0 Å². The van der Waals surface area contributed by atoms with E-state index in [0.29, 0.717) is 24.9 Å². The number of ether oxygens (including phenoxy) is 1. The minimum atomic E-state index is -0.250. The van der Waals surface area contributed by atoms with E-state index in [-0.39, 0.29) is 11.9 Å². The van der Waals surface area contributed by atoms with Gasteiger partial charge in [0.05, 0.1) is 6.54 Å². The molecule has 0 aliphatic heterocycles. The summed E-state index contributed by atoms with van der Waals surface area (Å²) < 4.78 is 23.7. The van der Waals surface area contributed by atoms with Crippen molar-refractivity contribution in [2.45, 2.75) is 33.4 Å². The fourth-order valence-electron chi connectivity index (χ4n) is 2.02. The van der Waals surface area contributed by atoms with Gasteiger partial charge in [0.25, 0.3) is 0 Å². The summed E-state index contributed by atoms with van der Waals surface area (Å²) in [6.07, 6.45) is -0.187. The Balaban J connectivity index is 2.06. The minimum absolute atomic E-state index is 0.187. The summed E-state index contributed by atoms with van der Waals surface area (Å²) in [6, 6.07) is 6.35. The van der Waals surface area contributed by atoms with Crippen molar-refractivity contribution in [2.75, 3.05) is 18.1 Å². The normalized spacial score (nSPS) is 12.4. The predicted molar refractivity (Wildman–Crippen MR) is 77.5 cm³/mol. The molecule has 0 N–H and O–H groups in total. The Morgan fingerprint density at radius 1 is 1.29 bits per heavy atom. The van der Waals surface area contributed by atoms with E-state index in [1.807, 2.05) is 25.7 Å². The van der Waals surface area contributed by atoms with E-state index in [4.69, 9.17) is 9.26 Å². The second kappa shape index (κ2) is 7.17. The molecule has 1 atom stereocenters. The lowest BCUT2D eigenvalue weighted by Crippen LogP contribution is -2.22. The average Bonchev–Trinajstić information content (AvgIpc) is 2.95. The van der Waals surface area contributed by atoms with Gasteiger partial charge in [0.15, 0.2) is 5.82 Å². The van der Waals surface area contributed by atoms with Crippen LogP contribution < -0.4 is 4.90 Å². The van der Waals surface area contributed by atoms with Crippen LogP contribution >= 0.6 is 0 Å². The Hall–Kier alpha value is -1.95. The van der Waals surface area contributed by atoms with Gasteiger partial charge >= 0.3 is 0 Å². The van der Waals surface area contributed by atoms with Crippen LogP contribution in [0, 0.1) is 5.82 Å². The highest BCUT2D eigenvalue weighted by molar-refractivity contribution is 5.45. The molecule has 6 heteroatoms. The molecule has 1 aromatic heterocycles. The molecule has 0 spiro atoms. The largest absolute Gasteiger partial charge is 0.371 e. The maximum absolute atomic E-state index is 13.0. The molecule has 21 heavy (non-hydrogen) atoms. The van der Waals surface area contributed by atoms with Gasteiger partial charge in [-0.05, 0) is 45.0 Å². The van der Waals surface area contributed by atoms with E-state index < -0.39 is 0 Å². The summed E-state index contributed by atoms with van der Waals surface area (Å²) in [6.45, 7) is 7.66. The summed E-state index contributed by atoms with van der Waals surface area (Å²) in [5.41, 5.74) is 0.913. The van der Waals surface area contributed by atoms with Gasteiger partial charge in [-0.25, -0.2) is 4.39 Å². The van der Waals surface area contributed by atoms with Crippen molar-refractivity contribution in [1.29, 1.82) is 0 Å². The van der Waals surface area contributed by atoms with Crippen molar-refractivity contribution in [3.05, 3.63) is 41.8 Å². The first-order chi connectivity index (χ1) is 10.1. The first-order valence-corrected chi connectivity index (χ1v) is 7.08. The van der Waals surface area contributed by atoms with Gasteiger partial charge < -0.3 is 14.2 Å². The molecule has 0 bridgehead atoms. The number of hydrogen-bond donors (Lipinski definition) is 0. The third kappa shape index (κ3) is 4.01. The quantitative estimate of drug-likeness (QED) is 0.783. The third-order valence-electron chi connectivity index (χ3n) is 3.16. The van der Waals surface area contributed by atoms with Crippen LogP contribution in [0.5, 0.6) is 0 Å². The van der Waals surface area contributed by atoms with Crippen LogP contribution in [-0.2, 0) is 11.3 Å². The zero-order valence-corrected chi connectivity index (χ0v) is 12.5. The molecule has 1 aromatic carbocycles. The fourth-order valence-corrected chi connectivity index (χ4v) is 2.02. The van der Waals surface area contributed by atoms with Gasteiger partial charge in [0, 0.05) is 18.8 Å². The second-order valence-corrected chi connectivity index (χ2v) is 4.63. The van der Waals surface area contributed by atoms with Crippen molar-refractivity contribution in [1.82, 2.24) is 10.1 Å². The Labute approximate surface area is 123 Å². The van der Waals surface area contributed by atoms with Crippen LogP contribution in [0.25, 0.3) is 0 Å². The van der Waals surface area contributed by atoms with Gasteiger partial charge in [0.2, 0.25) is 5.89 Å². The highest BCUT2D eigenvalue weighted by atomic mass is 19.1. The molecule has 2 aromatic rings. The Bertz CT molecular complexity index is 556. The molecule has 5 nitrogen and oxygen atoms in total. The third-order valence-corrected chi connectivity index (χ3v) is 3.16. The fraction of sp³-hybridized carbons (Fsp3) is 0.467. The van der Waals surface area contributed by atoms with Crippen molar-refractivity contribution in [2.24, 2.45) is 0 Å². The van der Waals surface area contributed by atoms with Crippen molar-refractivity contribution in [3.63, 3.8) is 0 Å². The Kier molecular flexibility index (Phi) is 5.27. The molecule has 0 unspecified atom stereocenters. The second-order valence-electron chi connectivity index (χ2n) is 4.63. The molecule has 1 heterocycles. The van der Waals surface area contributed by atoms with Crippen molar-refractivity contribution < 1.29 is 13.7 Å². The molecule has 0 aliphatic carbocycles. The van der Waals surface area contributed by atoms with Crippen LogP contribution in [0.1, 0.15) is 38.6 Å². The molecule has 2 rings (SSSR count). The van der Waals surface area contributed by atoms with Gasteiger partial charge in [0.1, 0.15) is 11.9 Å². The number of hydrogen-bond acceptors (Lipinski definition) is 5. The zero-order chi connectivity index (χ0) is 15.2. The van der Waals surface area contributed by atoms with Crippen molar-refractivity contribution >= 4 is 5.69 Å². The maximum atomic E-state index is 13.0. The Morgan fingerprint density at radius 3 is 2.62 bits per heavy atom. The van der Waals surface area contributed by atoms with Crippen LogP contribution in [0.15, 0.2) is 28.8 Å². The van der Waals surface area contributed by atoms with Crippen LogP contribution in [0.4, 0.5) is 10.1 Å². The molecular formula is C15H20FN3O2. The standard InChI is InChI=1S/C15H20FN3O2/c1-4-19(13-8-6-12(16)7-9-13)10-14-17-15(18-21-14)11(3)20-5-2/h6-9,11H,4-5,10H2,1-3H3/t11-/m1/s1. The number of rotatable bonds is 7. The molecule has 0 saturated carbocycles. The van der Waals surface area contributed by atoms with Crippen LogP contribution in [0.2, 0.25) is 0 Å². The number of halogens is 1. The monoisotopic (exact) mass is 293 g/mol. The maximum Gasteiger partial charge on any atom is 0.246 e. The number of aromatic nitrogens is 2. The smallest absolute Gasteiger partial charge is 0.246 e. The van der Waals surface area contributed by atoms with Crippen LogP contribution in [-0.4, -0.2) is 23.3 Å². The Morgan fingerprint density at radius 2 is 2.00 bits per heavy atom. The van der Waals surface area contributed by atoms with Crippen LogP contribution in [0.3, 0.4) is 0 Å². The summed E-state index contributed by atoms with van der Waals surface area (Å²) in [5.74, 6) is 0.810. The van der Waals surface area contributed by atoms with Crippen molar-refractivity contribution in [3.8, 4) is 0 Å².